The maximum atomic E-state index is 12.6. The summed E-state index contributed by atoms with van der Waals surface area (Å²) in [6.07, 6.45) is 1.73. The van der Waals surface area contributed by atoms with Gasteiger partial charge in [-0.1, -0.05) is 0 Å². The summed E-state index contributed by atoms with van der Waals surface area (Å²) in [5.74, 6) is 2.07. The second-order valence-corrected chi connectivity index (χ2v) is 4.77. The van der Waals surface area contributed by atoms with E-state index in [0.717, 1.165) is 22.4 Å². The van der Waals surface area contributed by atoms with Gasteiger partial charge in [0.25, 0.3) is 0 Å². The minimum Gasteiger partial charge on any atom is -0.497 e. The van der Waals surface area contributed by atoms with Crippen molar-refractivity contribution in [1.29, 1.82) is 0 Å². The Kier molecular flexibility index (Phi) is 2.86. The van der Waals surface area contributed by atoms with Crippen molar-refractivity contribution in [3.63, 3.8) is 0 Å². The number of fused-ring (bicyclic) bond motifs is 1. The predicted octanol–water partition coefficient (Wildman–Crippen LogP) is 3.62. The van der Waals surface area contributed by atoms with Crippen molar-refractivity contribution in [1.82, 2.24) is 4.98 Å². The van der Waals surface area contributed by atoms with Gasteiger partial charge in [-0.05, 0) is 38.1 Å². The zero-order valence-electron chi connectivity index (χ0n) is 11.6. The molecular weight excluding hydrogens is 254 g/mol. The van der Waals surface area contributed by atoms with Crippen LogP contribution in [0.5, 0.6) is 5.75 Å². The largest absolute Gasteiger partial charge is 0.497 e. The lowest BCUT2D eigenvalue weighted by atomic mass is 10.0. The zero-order chi connectivity index (χ0) is 14.3. The highest BCUT2D eigenvalue weighted by Gasteiger charge is 2.19. The summed E-state index contributed by atoms with van der Waals surface area (Å²) in [7, 11) is 1.61. The van der Waals surface area contributed by atoms with Crippen LogP contribution in [0, 0.1) is 13.8 Å². The van der Waals surface area contributed by atoms with Crippen LogP contribution in [0.15, 0.2) is 34.9 Å². The average molecular weight is 269 g/mol. The molecule has 2 aromatic heterocycles. The van der Waals surface area contributed by atoms with Crippen LogP contribution in [0.2, 0.25) is 0 Å². The SMILES string of the molecule is COc1ccc2[nH]cc(C(=O)c3cc(C)oc3C)c2c1. The van der Waals surface area contributed by atoms with Gasteiger partial charge in [0.1, 0.15) is 17.3 Å². The molecule has 0 aliphatic rings. The van der Waals surface area contributed by atoms with Crippen molar-refractivity contribution in [2.45, 2.75) is 13.8 Å². The highest BCUT2D eigenvalue weighted by molar-refractivity contribution is 6.16. The van der Waals surface area contributed by atoms with Gasteiger partial charge in [-0.25, -0.2) is 0 Å². The molecule has 0 unspecified atom stereocenters. The molecule has 1 aromatic carbocycles. The van der Waals surface area contributed by atoms with E-state index in [1.807, 2.05) is 25.1 Å². The lowest BCUT2D eigenvalue weighted by molar-refractivity contribution is 0.103. The molecule has 102 valence electrons. The fourth-order valence-corrected chi connectivity index (χ4v) is 2.42. The van der Waals surface area contributed by atoms with E-state index < -0.39 is 0 Å². The molecule has 0 aliphatic carbocycles. The minimum absolute atomic E-state index is 0.0427. The van der Waals surface area contributed by atoms with Gasteiger partial charge in [-0.3, -0.25) is 4.79 Å². The number of aromatic amines is 1. The molecule has 0 saturated carbocycles. The molecule has 0 amide bonds. The van der Waals surface area contributed by atoms with Crippen LogP contribution in [0.25, 0.3) is 10.9 Å². The Hall–Kier alpha value is -2.49. The third-order valence-corrected chi connectivity index (χ3v) is 3.42. The Morgan fingerprint density at radius 3 is 2.65 bits per heavy atom. The smallest absolute Gasteiger partial charge is 0.198 e. The van der Waals surface area contributed by atoms with E-state index in [0.29, 0.717) is 16.9 Å². The quantitative estimate of drug-likeness (QED) is 0.739. The van der Waals surface area contributed by atoms with E-state index in [1.165, 1.54) is 0 Å². The van der Waals surface area contributed by atoms with Gasteiger partial charge in [-0.2, -0.15) is 0 Å². The standard InChI is InChI=1S/C16H15NO3/c1-9-6-12(10(2)20-9)16(18)14-8-17-15-5-4-11(19-3)7-13(14)15/h4-8,17H,1-3H3. The summed E-state index contributed by atoms with van der Waals surface area (Å²) in [6.45, 7) is 3.64. The second kappa shape index (κ2) is 4.56. The Morgan fingerprint density at radius 1 is 1.20 bits per heavy atom. The van der Waals surface area contributed by atoms with Crippen molar-refractivity contribution >= 4 is 16.7 Å². The normalized spacial score (nSPS) is 10.9. The molecule has 3 aromatic rings. The average Bonchev–Trinajstić information content (AvgIpc) is 3.00. The van der Waals surface area contributed by atoms with E-state index >= 15 is 0 Å². The van der Waals surface area contributed by atoms with Gasteiger partial charge in [0, 0.05) is 22.7 Å². The minimum atomic E-state index is -0.0427. The number of furan rings is 1. The number of nitrogens with one attached hydrogen (secondary N) is 1. The number of ketones is 1. The van der Waals surface area contributed by atoms with Crippen LogP contribution in [0.4, 0.5) is 0 Å². The monoisotopic (exact) mass is 269 g/mol. The molecule has 0 saturated heterocycles. The number of ether oxygens (including phenoxy) is 1. The number of rotatable bonds is 3. The first-order valence-electron chi connectivity index (χ1n) is 6.37. The Bertz CT molecular complexity index is 795. The zero-order valence-corrected chi connectivity index (χ0v) is 11.6. The van der Waals surface area contributed by atoms with Crippen molar-refractivity contribution in [2.75, 3.05) is 7.11 Å². The number of H-pyrrole nitrogens is 1. The molecule has 20 heavy (non-hydrogen) atoms. The van der Waals surface area contributed by atoms with Gasteiger partial charge >= 0.3 is 0 Å². The van der Waals surface area contributed by atoms with Gasteiger partial charge in [-0.15, -0.1) is 0 Å². The summed E-state index contributed by atoms with van der Waals surface area (Å²) in [5, 5.41) is 0.854. The molecule has 4 heteroatoms. The highest BCUT2D eigenvalue weighted by Crippen LogP contribution is 2.27. The van der Waals surface area contributed by atoms with Gasteiger partial charge in [0.15, 0.2) is 5.78 Å². The summed E-state index contributed by atoms with van der Waals surface area (Å²) in [5.41, 5.74) is 2.14. The van der Waals surface area contributed by atoms with Crippen LogP contribution < -0.4 is 4.74 Å². The van der Waals surface area contributed by atoms with Crippen molar-refractivity contribution in [3.05, 3.63) is 53.1 Å². The van der Waals surface area contributed by atoms with E-state index in [2.05, 4.69) is 4.98 Å². The lowest BCUT2D eigenvalue weighted by Crippen LogP contribution is -2.00. The fourth-order valence-electron chi connectivity index (χ4n) is 2.42. The number of benzene rings is 1. The Morgan fingerprint density at radius 2 is 2.00 bits per heavy atom. The van der Waals surface area contributed by atoms with Crippen LogP contribution >= 0.6 is 0 Å². The Balaban J connectivity index is 2.14. The highest BCUT2D eigenvalue weighted by atomic mass is 16.5. The van der Waals surface area contributed by atoms with Crippen molar-refractivity contribution < 1.29 is 13.9 Å². The second-order valence-electron chi connectivity index (χ2n) is 4.77. The topological polar surface area (TPSA) is 55.2 Å². The molecule has 3 rings (SSSR count). The van der Waals surface area contributed by atoms with E-state index in [9.17, 15) is 4.79 Å². The number of carbonyl (C=O) groups is 1. The molecule has 2 heterocycles. The maximum absolute atomic E-state index is 12.6. The van der Waals surface area contributed by atoms with E-state index in [4.69, 9.17) is 9.15 Å². The fraction of sp³-hybridized carbons (Fsp3) is 0.188. The van der Waals surface area contributed by atoms with E-state index in [1.54, 1.807) is 26.3 Å². The first-order valence-corrected chi connectivity index (χ1v) is 6.37. The molecule has 0 radical (unpaired) electrons. The summed E-state index contributed by atoms with van der Waals surface area (Å²) >= 11 is 0. The molecule has 4 nitrogen and oxygen atoms in total. The summed E-state index contributed by atoms with van der Waals surface area (Å²) in [6, 6.07) is 7.40. The molecule has 0 spiro atoms. The third-order valence-electron chi connectivity index (χ3n) is 3.42. The van der Waals surface area contributed by atoms with Crippen molar-refractivity contribution in [2.24, 2.45) is 0 Å². The summed E-state index contributed by atoms with van der Waals surface area (Å²) in [4.78, 5) is 15.7. The van der Waals surface area contributed by atoms with Crippen LogP contribution in [-0.4, -0.2) is 17.9 Å². The number of hydrogen-bond donors (Lipinski definition) is 1. The first-order chi connectivity index (χ1) is 9.60. The molecule has 0 fully saturated rings. The Labute approximate surface area is 116 Å². The predicted molar refractivity (Wildman–Crippen MR) is 76.5 cm³/mol. The van der Waals surface area contributed by atoms with Crippen LogP contribution in [0.1, 0.15) is 27.4 Å². The lowest BCUT2D eigenvalue weighted by Gasteiger charge is -2.01. The first kappa shape index (κ1) is 12.5. The summed E-state index contributed by atoms with van der Waals surface area (Å²) < 4.78 is 10.7. The number of methoxy groups -OCH3 is 1. The van der Waals surface area contributed by atoms with Crippen molar-refractivity contribution in [3.8, 4) is 5.75 Å². The maximum Gasteiger partial charge on any atom is 0.198 e. The number of aryl methyl sites for hydroxylation is 2. The van der Waals surface area contributed by atoms with Crippen LogP contribution in [0.3, 0.4) is 0 Å². The van der Waals surface area contributed by atoms with Gasteiger partial charge in [0.2, 0.25) is 0 Å². The molecular formula is C16H15NO3. The molecule has 0 atom stereocenters. The van der Waals surface area contributed by atoms with Gasteiger partial charge < -0.3 is 14.1 Å². The molecule has 0 aliphatic heterocycles. The molecule has 0 bridgehead atoms. The van der Waals surface area contributed by atoms with Gasteiger partial charge in [0.05, 0.1) is 12.7 Å². The molecule has 1 N–H and O–H groups in total. The van der Waals surface area contributed by atoms with E-state index in [-0.39, 0.29) is 5.78 Å². The number of aromatic nitrogens is 1. The third kappa shape index (κ3) is 1.90. The van der Waals surface area contributed by atoms with Crippen LogP contribution in [-0.2, 0) is 0 Å². The number of carbonyl (C=O) groups excluding carboxylic acids is 1. The number of hydrogen-bond acceptors (Lipinski definition) is 3.